The van der Waals surface area contributed by atoms with Crippen LogP contribution in [-0.2, 0) is 25.8 Å². The van der Waals surface area contributed by atoms with Gasteiger partial charge < -0.3 is 46.1 Å². The molecule has 6 amide bonds. The molecule has 18 nitrogen and oxygen atoms in total. The highest BCUT2D eigenvalue weighted by atomic mass is 16.5. The first-order chi connectivity index (χ1) is 38.0. The maximum atomic E-state index is 12.6. The molecule has 0 saturated carbocycles. The van der Waals surface area contributed by atoms with Gasteiger partial charge in [-0.15, -0.1) is 0 Å². The summed E-state index contributed by atoms with van der Waals surface area (Å²) in [7, 11) is 0. The first-order valence-electron chi connectivity index (χ1n) is 24.9. The Morgan fingerprint density at radius 1 is 0.346 bits per heavy atom. The Hall–Kier alpha value is -10.2. The van der Waals surface area contributed by atoms with Crippen molar-refractivity contribution in [2.24, 2.45) is 0 Å². The molecule has 8 aromatic rings. The molecule has 5 aromatic carbocycles. The normalized spacial score (nSPS) is 10.1. The number of carbonyl (C=O) groups excluding carboxylic acids is 6. The number of hydrogen-bond donors (Lipinski definition) is 6. The summed E-state index contributed by atoms with van der Waals surface area (Å²) in [6, 6.07) is 58.8. The summed E-state index contributed by atoms with van der Waals surface area (Å²) < 4.78 is 16.7. The summed E-state index contributed by atoms with van der Waals surface area (Å²) in [6.07, 6.45) is 2.51. The van der Waals surface area contributed by atoms with Crippen LogP contribution in [0.15, 0.2) is 200 Å². The van der Waals surface area contributed by atoms with Crippen molar-refractivity contribution < 1.29 is 43.0 Å². The Morgan fingerprint density at radius 3 is 1.05 bits per heavy atom. The summed E-state index contributed by atoms with van der Waals surface area (Å²) in [6.45, 7) is 3.92. The van der Waals surface area contributed by atoms with E-state index in [1.807, 2.05) is 92.7 Å². The van der Waals surface area contributed by atoms with Crippen molar-refractivity contribution in [2.75, 3.05) is 45.1 Å². The highest BCUT2D eigenvalue weighted by molar-refractivity contribution is 6.05. The summed E-state index contributed by atoms with van der Waals surface area (Å²) in [4.78, 5) is 84.7. The second-order valence-electron chi connectivity index (χ2n) is 16.7. The minimum absolute atomic E-state index is 0.0676. The monoisotopic (exact) mass is 1050 g/mol. The number of anilines is 6. The number of amides is 6. The first-order valence-corrected chi connectivity index (χ1v) is 24.9. The molecule has 78 heavy (non-hydrogen) atoms. The minimum atomic E-state index is -0.354. The number of hydrogen-bond acceptors (Lipinski definition) is 12. The highest BCUT2D eigenvalue weighted by Gasteiger charge is 2.14. The Balaban J connectivity index is 0.000000197. The van der Waals surface area contributed by atoms with E-state index in [0.29, 0.717) is 71.1 Å². The van der Waals surface area contributed by atoms with Crippen molar-refractivity contribution in [3.05, 3.63) is 217 Å². The number of carbonyl (C=O) groups is 6. The molecule has 0 aliphatic carbocycles. The molecular formula is C60H59N9O9. The van der Waals surface area contributed by atoms with Gasteiger partial charge in [0.15, 0.2) is 13.2 Å². The Kier molecular flexibility index (Phi) is 23.0. The summed E-state index contributed by atoms with van der Waals surface area (Å²) in [5, 5.41) is 16.2. The zero-order valence-corrected chi connectivity index (χ0v) is 43.0. The van der Waals surface area contributed by atoms with E-state index >= 15 is 0 Å². The summed E-state index contributed by atoms with van der Waals surface area (Å²) in [5.74, 6) is 2.30. The fourth-order valence-electron chi connectivity index (χ4n) is 6.72. The van der Waals surface area contributed by atoms with Gasteiger partial charge in [-0.25, -0.2) is 15.0 Å². The lowest BCUT2D eigenvalue weighted by atomic mass is 10.2. The van der Waals surface area contributed by atoms with Gasteiger partial charge >= 0.3 is 0 Å². The zero-order valence-electron chi connectivity index (χ0n) is 43.0. The van der Waals surface area contributed by atoms with E-state index in [2.05, 4.69) is 46.9 Å². The van der Waals surface area contributed by atoms with Crippen LogP contribution >= 0.6 is 0 Å². The quantitative estimate of drug-likeness (QED) is 0.0394. The number of aromatic nitrogens is 3. The molecule has 0 saturated heterocycles. The number of para-hydroxylation sites is 2. The van der Waals surface area contributed by atoms with Crippen molar-refractivity contribution in [1.29, 1.82) is 0 Å². The zero-order chi connectivity index (χ0) is 55.2. The maximum Gasteiger partial charge on any atom is 0.263 e. The molecule has 18 heteroatoms. The second-order valence-corrected chi connectivity index (χ2v) is 16.7. The third-order valence-corrected chi connectivity index (χ3v) is 10.4. The van der Waals surface area contributed by atoms with Gasteiger partial charge in [0, 0.05) is 36.1 Å². The third-order valence-electron chi connectivity index (χ3n) is 10.4. The van der Waals surface area contributed by atoms with Gasteiger partial charge in [0.2, 0.25) is 11.8 Å². The Bertz CT molecular complexity index is 3000. The lowest BCUT2D eigenvalue weighted by Gasteiger charge is -2.12. The van der Waals surface area contributed by atoms with Crippen LogP contribution in [0.3, 0.4) is 0 Å². The first kappa shape index (κ1) is 57.1. The average Bonchev–Trinajstić information content (AvgIpc) is 3.46. The third kappa shape index (κ3) is 20.9. The summed E-state index contributed by atoms with van der Waals surface area (Å²) in [5.41, 5.74) is 1.99. The van der Waals surface area contributed by atoms with E-state index in [4.69, 9.17) is 14.2 Å². The smallest absolute Gasteiger partial charge is 0.263 e. The van der Waals surface area contributed by atoms with Crippen LogP contribution in [-0.4, -0.2) is 63.6 Å². The van der Waals surface area contributed by atoms with Crippen LogP contribution in [0.25, 0.3) is 0 Å². The molecule has 0 radical (unpaired) electrons. The van der Waals surface area contributed by atoms with Crippen molar-refractivity contribution in [3.8, 4) is 17.2 Å². The predicted octanol–water partition coefficient (Wildman–Crippen LogP) is 10.8. The van der Waals surface area contributed by atoms with Crippen molar-refractivity contribution in [1.82, 2.24) is 15.0 Å². The molecule has 0 aliphatic heterocycles. The molecule has 0 aliphatic rings. The molecule has 398 valence electrons. The van der Waals surface area contributed by atoms with Crippen LogP contribution in [0.4, 0.5) is 34.9 Å². The average molecular weight is 1050 g/mol. The fraction of sp³-hybridized carbons (Fsp3) is 0.150. The Morgan fingerprint density at radius 2 is 0.679 bits per heavy atom. The van der Waals surface area contributed by atoms with Crippen LogP contribution < -0.4 is 46.1 Å². The van der Waals surface area contributed by atoms with Crippen LogP contribution in [0.2, 0.25) is 0 Å². The molecular weight excluding hydrogens is 991 g/mol. The number of benzene rings is 5. The topological polar surface area (TPSA) is 241 Å². The fourth-order valence-corrected chi connectivity index (χ4v) is 6.72. The molecule has 0 fully saturated rings. The van der Waals surface area contributed by atoms with Crippen molar-refractivity contribution >= 4 is 70.4 Å². The number of nitrogens with one attached hydrogen (secondary N) is 6. The number of rotatable bonds is 21. The number of ether oxygens (including phenoxy) is 3. The van der Waals surface area contributed by atoms with Crippen LogP contribution in [0, 0.1) is 0 Å². The van der Waals surface area contributed by atoms with E-state index < -0.39 is 0 Å². The number of nitrogens with zero attached hydrogens (tertiary/aromatic N) is 3. The molecule has 0 unspecified atom stereocenters. The number of pyridine rings is 3. The van der Waals surface area contributed by atoms with Gasteiger partial charge in [0.1, 0.15) is 58.8 Å². The Labute approximate surface area is 452 Å². The summed E-state index contributed by atoms with van der Waals surface area (Å²) >= 11 is 0. The minimum Gasteiger partial charge on any atom is -0.489 e. The van der Waals surface area contributed by atoms with E-state index in [9.17, 15) is 28.8 Å². The van der Waals surface area contributed by atoms with Crippen LogP contribution in [0.5, 0.6) is 17.2 Å². The second kappa shape index (κ2) is 31.5. The molecule has 3 aromatic heterocycles. The molecule has 8 rings (SSSR count). The SMILES string of the molecule is CCCC(=O)Nc1cccc(NC(=O)CCC)n1.O=C(COc1ccccc1)Nc1cccc(NC(=O)COc2ccccc2)n1.O=C(Nc1cc(OCc2ccccc2)cc(NC(=O)c2ccccc2)n1)c1ccccc1. The standard InChI is InChI=1S/C26H21N3O3.C21H19N3O4.C13H19N3O2/c30-25(20-12-6-2-7-13-20)28-23-16-22(32-18-19-10-4-1-5-11-19)17-24(27-23)29-26(31)21-14-8-3-9-15-21;25-20(14-27-16-8-3-1-4-9-16)23-18-12-7-13-19(22-18)24-21(26)15-28-17-10-5-2-6-11-17;1-3-6-12(17)15-10-8-5-9-11(14-10)16-13(18)7-4-2/h1-17H,18H2,(H2,27,28,29,30,31);1-13H,14-15H2,(H2,22,23,24,25,26);5,8-9H,3-4,6-7H2,1-2H3,(H2,14,15,16,17,18). The largest absolute Gasteiger partial charge is 0.489 e. The van der Waals surface area contributed by atoms with E-state index in [-0.39, 0.29) is 60.3 Å². The molecule has 0 spiro atoms. The van der Waals surface area contributed by atoms with E-state index in [0.717, 1.165) is 18.4 Å². The van der Waals surface area contributed by atoms with E-state index in [1.54, 1.807) is 121 Å². The molecule has 0 atom stereocenters. The van der Waals surface area contributed by atoms with Gasteiger partial charge in [-0.3, -0.25) is 28.8 Å². The van der Waals surface area contributed by atoms with Gasteiger partial charge in [-0.1, -0.05) is 129 Å². The van der Waals surface area contributed by atoms with Crippen LogP contribution in [0.1, 0.15) is 65.8 Å². The highest BCUT2D eigenvalue weighted by Crippen LogP contribution is 2.24. The van der Waals surface area contributed by atoms with E-state index in [1.165, 1.54) is 0 Å². The predicted molar refractivity (Wildman–Crippen MR) is 300 cm³/mol. The van der Waals surface area contributed by atoms with Crippen molar-refractivity contribution in [3.63, 3.8) is 0 Å². The maximum absolute atomic E-state index is 12.6. The molecule has 3 heterocycles. The van der Waals surface area contributed by atoms with Gasteiger partial charge in [-0.05, 0) is 91.2 Å². The van der Waals surface area contributed by atoms with Gasteiger partial charge in [0.25, 0.3) is 23.6 Å². The lowest BCUT2D eigenvalue weighted by molar-refractivity contribution is -0.118. The van der Waals surface area contributed by atoms with Gasteiger partial charge in [-0.2, -0.15) is 0 Å². The lowest BCUT2D eigenvalue weighted by Crippen LogP contribution is -2.22. The van der Waals surface area contributed by atoms with Crippen molar-refractivity contribution in [2.45, 2.75) is 46.1 Å². The van der Waals surface area contributed by atoms with Gasteiger partial charge in [0.05, 0.1) is 0 Å². The molecule has 6 N–H and O–H groups in total. The molecule has 0 bridgehead atoms.